The van der Waals surface area contributed by atoms with E-state index in [1.807, 2.05) is 36.4 Å². The Morgan fingerprint density at radius 1 is 0.927 bits per heavy atom. The van der Waals surface area contributed by atoms with Crippen molar-refractivity contribution in [2.24, 2.45) is 0 Å². The molecule has 0 bridgehead atoms. The minimum atomic E-state index is -1.10. The van der Waals surface area contributed by atoms with E-state index in [0.29, 0.717) is 17.0 Å². The highest BCUT2D eigenvalue weighted by Gasteiger charge is 2.43. The van der Waals surface area contributed by atoms with Gasteiger partial charge in [-0.2, -0.15) is 0 Å². The van der Waals surface area contributed by atoms with Gasteiger partial charge in [0.1, 0.15) is 23.1 Å². The van der Waals surface area contributed by atoms with Crippen LogP contribution in [-0.4, -0.2) is 43.4 Å². The third-order valence-corrected chi connectivity index (χ3v) is 6.26. The maximum atomic E-state index is 13.6. The number of anilines is 1. The zero-order chi connectivity index (χ0) is 29.4. The van der Waals surface area contributed by atoms with Crippen molar-refractivity contribution in [3.8, 4) is 5.75 Å². The number of hydrogen-bond acceptors (Lipinski definition) is 9. The largest absolute Gasteiger partial charge is 0.497 e. The molecule has 0 radical (unpaired) electrons. The molecule has 0 spiro atoms. The summed E-state index contributed by atoms with van der Waals surface area (Å²) in [5.41, 5.74) is 1.56. The molecule has 1 aliphatic heterocycles. The highest BCUT2D eigenvalue weighted by atomic mass is 16.6. The highest BCUT2D eigenvalue weighted by Crippen LogP contribution is 2.41. The van der Waals surface area contributed by atoms with E-state index in [1.165, 1.54) is 24.3 Å². The molecular formula is C31H30N2O8. The lowest BCUT2D eigenvalue weighted by Gasteiger charge is -2.41. The van der Waals surface area contributed by atoms with Gasteiger partial charge in [-0.25, -0.2) is 9.59 Å². The van der Waals surface area contributed by atoms with Gasteiger partial charge in [-0.05, 0) is 67.4 Å². The topological polar surface area (TPSA) is 117 Å². The van der Waals surface area contributed by atoms with Crippen molar-refractivity contribution < 1.29 is 33.5 Å². The Morgan fingerprint density at radius 3 is 2.15 bits per heavy atom. The average Bonchev–Trinajstić information content (AvgIpc) is 3.00. The molecule has 0 saturated carbocycles. The molecule has 0 aromatic heterocycles. The summed E-state index contributed by atoms with van der Waals surface area (Å²) < 4.78 is 22.7. The molecule has 0 amide bonds. The van der Waals surface area contributed by atoms with Gasteiger partial charge in [0.05, 0.1) is 25.2 Å². The van der Waals surface area contributed by atoms with Crippen molar-refractivity contribution >= 4 is 29.4 Å². The Hall–Kier alpha value is -4.96. The number of carbonyl (C=O) groups is 2. The summed E-state index contributed by atoms with van der Waals surface area (Å²) >= 11 is 0. The van der Waals surface area contributed by atoms with Crippen molar-refractivity contribution in [2.75, 3.05) is 25.2 Å². The van der Waals surface area contributed by atoms with Gasteiger partial charge in [0, 0.05) is 17.8 Å². The van der Waals surface area contributed by atoms with Crippen LogP contribution in [0.3, 0.4) is 0 Å². The SMILES string of the molecule is CCOC(=O)C1=C(C(=O)OCC)N(c2ccc(OC)cc2)[C@H](/C=C/c2ccccc2)O[C@H]1c1ccc([N+](=O)[O-])cc1. The van der Waals surface area contributed by atoms with Gasteiger partial charge < -0.3 is 23.8 Å². The van der Waals surface area contributed by atoms with Crippen molar-refractivity contribution in [3.63, 3.8) is 0 Å². The number of non-ortho nitro benzene ring substituents is 1. The number of nitro groups is 1. The monoisotopic (exact) mass is 558 g/mol. The smallest absolute Gasteiger partial charge is 0.355 e. The maximum Gasteiger partial charge on any atom is 0.355 e. The average molecular weight is 559 g/mol. The van der Waals surface area contributed by atoms with Crippen LogP contribution in [-0.2, 0) is 23.8 Å². The number of methoxy groups -OCH3 is 1. The fourth-order valence-electron chi connectivity index (χ4n) is 4.39. The number of hydrogen-bond donors (Lipinski definition) is 0. The van der Waals surface area contributed by atoms with Crippen LogP contribution in [0.5, 0.6) is 5.75 Å². The molecule has 0 saturated heterocycles. The molecule has 1 heterocycles. The molecule has 2 atom stereocenters. The van der Waals surface area contributed by atoms with Gasteiger partial charge in [-0.1, -0.05) is 36.4 Å². The van der Waals surface area contributed by atoms with Crippen LogP contribution >= 0.6 is 0 Å². The fraction of sp³-hybridized carbons (Fsp3) is 0.226. The molecule has 4 rings (SSSR count). The number of carbonyl (C=O) groups excluding carboxylic acids is 2. The number of nitrogens with zero attached hydrogens (tertiary/aromatic N) is 2. The fourth-order valence-corrected chi connectivity index (χ4v) is 4.39. The van der Waals surface area contributed by atoms with Crippen LogP contribution in [0.15, 0.2) is 96.2 Å². The first-order chi connectivity index (χ1) is 19.9. The molecule has 3 aromatic carbocycles. The summed E-state index contributed by atoms with van der Waals surface area (Å²) in [4.78, 5) is 39.5. The Kier molecular flexibility index (Phi) is 9.49. The van der Waals surface area contributed by atoms with Crippen LogP contribution < -0.4 is 9.64 Å². The van der Waals surface area contributed by atoms with Gasteiger partial charge in [0.15, 0.2) is 6.23 Å². The summed E-state index contributed by atoms with van der Waals surface area (Å²) in [6, 6.07) is 22.1. The lowest BCUT2D eigenvalue weighted by molar-refractivity contribution is -0.384. The second-order valence-electron chi connectivity index (χ2n) is 8.80. The van der Waals surface area contributed by atoms with E-state index in [-0.39, 0.29) is 30.2 Å². The zero-order valence-electron chi connectivity index (χ0n) is 22.9. The summed E-state index contributed by atoms with van der Waals surface area (Å²) in [5.74, 6) is -0.929. The predicted octanol–water partition coefficient (Wildman–Crippen LogP) is 5.60. The highest BCUT2D eigenvalue weighted by molar-refractivity contribution is 6.04. The minimum absolute atomic E-state index is 0.0469. The van der Waals surface area contributed by atoms with Crippen LogP contribution in [0.4, 0.5) is 11.4 Å². The van der Waals surface area contributed by atoms with Crippen molar-refractivity contribution in [1.29, 1.82) is 0 Å². The van der Waals surface area contributed by atoms with Crippen molar-refractivity contribution in [2.45, 2.75) is 26.2 Å². The number of rotatable bonds is 10. The summed E-state index contributed by atoms with van der Waals surface area (Å²) in [7, 11) is 1.54. The standard InChI is InChI=1S/C31H30N2O8/c1-4-39-30(34)27-28(31(35)40-5-2)32(23-16-18-25(38-3)19-17-23)26(20-11-21-9-7-6-8-10-21)41-29(27)22-12-14-24(15-13-22)33(36)37/h6-20,26,29H,4-5H2,1-3H3/b20-11+/t26-,29-/m0/s1. The van der Waals surface area contributed by atoms with Gasteiger partial charge >= 0.3 is 11.9 Å². The molecule has 41 heavy (non-hydrogen) atoms. The molecule has 0 aliphatic carbocycles. The van der Waals surface area contributed by atoms with Crippen LogP contribution in [0.1, 0.15) is 31.1 Å². The predicted molar refractivity (Wildman–Crippen MR) is 152 cm³/mol. The summed E-state index contributed by atoms with van der Waals surface area (Å²) in [6.07, 6.45) is 1.60. The molecule has 0 unspecified atom stereocenters. The van der Waals surface area contributed by atoms with Gasteiger partial charge in [-0.3, -0.25) is 10.1 Å². The number of esters is 2. The molecule has 3 aromatic rings. The third kappa shape index (κ3) is 6.62. The Morgan fingerprint density at radius 2 is 1.56 bits per heavy atom. The van der Waals surface area contributed by atoms with Crippen molar-refractivity contribution in [3.05, 3.63) is 117 Å². The quantitative estimate of drug-likeness (QED) is 0.178. The molecule has 0 N–H and O–H groups in total. The van der Waals surface area contributed by atoms with Crippen LogP contribution in [0.25, 0.3) is 6.08 Å². The van der Waals surface area contributed by atoms with E-state index >= 15 is 0 Å². The summed E-state index contributed by atoms with van der Waals surface area (Å²) in [5, 5.41) is 11.3. The Balaban J connectivity index is 1.97. The Labute approximate surface area is 237 Å². The number of ether oxygens (including phenoxy) is 4. The second kappa shape index (κ2) is 13.4. The zero-order valence-corrected chi connectivity index (χ0v) is 22.9. The minimum Gasteiger partial charge on any atom is -0.497 e. The third-order valence-electron chi connectivity index (χ3n) is 6.26. The molecule has 10 nitrogen and oxygen atoms in total. The normalized spacial score (nSPS) is 16.9. The maximum absolute atomic E-state index is 13.6. The van der Waals surface area contributed by atoms with E-state index in [4.69, 9.17) is 18.9 Å². The van der Waals surface area contributed by atoms with Gasteiger partial charge in [-0.15, -0.1) is 0 Å². The molecule has 1 aliphatic rings. The number of nitro benzene ring substituents is 1. The van der Waals surface area contributed by atoms with E-state index < -0.39 is 29.2 Å². The lowest BCUT2D eigenvalue weighted by atomic mass is 9.95. The van der Waals surface area contributed by atoms with E-state index in [0.717, 1.165) is 5.56 Å². The van der Waals surface area contributed by atoms with Crippen molar-refractivity contribution in [1.82, 2.24) is 0 Å². The molecule has 10 heteroatoms. The summed E-state index contributed by atoms with van der Waals surface area (Å²) in [6.45, 7) is 3.42. The van der Waals surface area contributed by atoms with E-state index in [9.17, 15) is 19.7 Å². The molecule has 0 fully saturated rings. The van der Waals surface area contributed by atoms with Crippen LogP contribution in [0.2, 0.25) is 0 Å². The Bertz CT molecular complexity index is 1430. The lowest BCUT2D eigenvalue weighted by Crippen LogP contribution is -2.46. The van der Waals surface area contributed by atoms with Gasteiger partial charge in [0.25, 0.3) is 5.69 Å². The first-order valence-electron chi connectivity index (χ1n) is 13.0. The number of benzene rings is 3. The molecular weight excluding hydrogens is 528 g/mol. The molecule has 212 valence electrons. The first kappa shape index (κ1) is 29.0. The first-order valence-corrected chi connectivity index (χ1v) is 13.0. The van der Waals surface area contributed by atoms with E-state index in [1.54, 1.807) is 56.2 Å². The second-order valence-corrected chi connectivity index (χ2v) is 8.80. The van der Waals surface area contributed by atoms with E-state index in [2.05, 4.69) is 0 Å². The van der Waals surface area contributed by atoms with Crippen LogP contribution in [0, 0.1) is 10.1 Å². The van der Waals surface area contributed by atoms with Gasteiger partial charge in [0.2, 0.25) is 0 Å².